The van der Waals surface area contributed by atoms with E-state index in [9.17, 15) is 8.42 Å². The number of benzene rings is 4. The molecule has 12 heteroatoms. The Balaban J connectivity index is 1.39. The van der Waals surface area contributed by atoms with Gasteiger partial charge in [-0.1, -0.05) is 28.1 Å². The molecule has 0 saturated carbocycles. The molecule has 1 N–H and O–H groups in total. The first-order valence-electron chi connectivity index (χ1n) is 13.1. The second-order valence-corrected chi connectivity index (χ2v) is 11.8. The van der Waals surface area contributed by atoms with Gasteiger partial charge in [0.1, 0.15) is 22.1 Å². The third kappa shape index (κ3) is 7.09. The summed E-state index contributed by atoms with van der Waals surface area (Å²) in [5.74, 6) is 2.29. The van der Waals surface area contributed by atoms with Crippen LogP contribution in [-0.4, -0.2) is 51.1 Å². The van der Waals surface area contributed by atoms with Gasteiger partial charge in [-0.3, -0.25) is 4.72 Å². The van der Waals surface area contributed by atoms with Crippen molar-refractivity contribution in [3.05, 3.63) is 101 Å². The fourth-order valence-corrected chi connectivity index (χ4v) is 6.02. The number of sulfonamides is 1. The average molecular weight is 666 g/mol. The van der Waals surface area contributed by atoms with Crippen LogP contribution in [0.4, 0.5) is 5.69 Å². The second-order valence-electron chi connectivity index (χ2n) is 9.25. The monoisotopic (exact) mass is 664 g/mol. The van der Waals surface area contributed by atoms with Crippen LogP contribution < -0.4 is 23.7 Å². The lowest BCUT2D eigenvalue weighted by molar-refractivity contribution is 0.296. The van der Waals surface area contributed by atoms with E-state index in [1.54, 1.807) is 55.3 Å². The number of hydrogen-bond acceptors (Lipinski definition) is 8. The van der Waals surface area contributed by atoms with Crippen LogP contribution in [0.3, 0.4) is 0 Å². The quantitative estimate of drug-likeness (QED) is 0.169. The van der Waals surface area contributed by atoms with E-state index < -0.39 is 10.0 Å². The molecular weight excluding hydrogens is 636 g/mol. The zero-order chi connectivity index (χ0) is 30.4. The van der Waals surface area contributed by atoms with Gasteiger partial charge in [0.05, 0.1) is 33.6 Å². The molecule has 0 aliphatic carbocycles. The minimum absolute atomic E-state index is 0.0166. The van der Waals surface area contributed by atoms with Gasteiger partial charge in [0.2, 0.25) is 0 Å². The number of ether oxygens (including phenoxy) is 4. The predicted octanol–water partition coefficient (Wildman–Crippen LogP) is 6.14. The molecule has 0 aliphatic rings. The Hall–Kier alpha value is -4.55. The molecule has 43 heavy (non-hydrogen) atoms. The van der Waals surface area contributed by atoms with Crippen molar-refractivity contribution in [3.8, 4) is 40.3 Å². The number of aromatic nitrogens is 3. The molecule has 1 aromatic heterocycles. The first kappa shape index (κ1) is 29.9. The Bertz CT molecular complexity index is 1790. The minimum atomic E-state index is -3.93. The molecule has 0 aliphatic heterocycles. The van der Waals surface area contributed by atoms with Crippen LogP contribution in [0.25, 0.3) is 17.1 Å². The van der Waals surface area contributed by atoms with Crippen LogP contribution in [0.2, 0.25) is 0 Å². The maximum atomic E-state index is 13.1. The van der Waals surface area contributed by atoms with E-state index in [1.807, 2.05) is 48.5 Å². The van der Waals surface area contributed by atoms with Crippen molar-refractivity contribution in [3.63, 3.8) is 0 Å². The number of halogens is 1. The zero-order valence-corrected chi connectivity index (χ0v) is 26.1. The van der Waals surface area contributed by atoms with Gasteiger partial charge in [0.15, 0.2) is 5.82 Å². The van der Waals surface area contributed by atoms with Gasteiger partial charge in [-0.15, -0.1) is 5.10 Å². The van der Waals surface area contributed by atoms with Gasteiger partial charge in [0, 0.05) is 22.1 Å². The van der Waals surface area contributed by atoms with Crippen LogP contribution in [0.15, 0.2) is 100 Å². The molecular formula is C31H29BrN4O6S. The average Bonchev–Trinajstić information content (AvgIpc) is 3.45. The van der Waals surface area contributed by atoms with E-state index in [4.69, 9.17) is 18.9 Å². The van der Waals surface area contributed by atoms with Crippen LogP contribution >= 0.6 is 15.9 Å². The van der Waals surface area contributed by atoms with Crippen molar-refractivity contribution >= 4 is 31.6 Å². The fraction of sp³-hybridized carbons (Fsp3) is 0.161. The second kappa shape index (κ2) is 13.2. The van der Waals surface area contributed by atoms with Crippen molar-refractivity contribution in [1.29, 1.82) is 0 Å². The Morgan fingerprint density at radius 2 is 1.47 bits per heavy atom. The number of hydrogen-bond donors (Lipinski definition) is 1. The van der Waals surface area contributed by atoms with Gasteiger partial charge in [-0.2, -0.15) is 4.98 Å². The molecule has 0 amide bonds. The molecule has 0 fully saturated rings. The summed E-state index contributed by atoms with van der Waals surface area (Å²) in [6.07, 6.45) is 0.661. The first-order valence-corrected chi connectivity index (χ1v) is 15.4. The van der Waals surface area contributed by atoms with Gasteiger partial charge in [-0.25, -0.2) is 13.1 Å². The molecule has 5 rings (SSSR count). The normalized spacial score (nSPS) is 11.2. The lowest BCUT2D eigenvalue weighted by atomic mass is 10.1. The zero-order valence-electron chi connectivity index (χ0n) is 23.7. The standard InChI is InChI=1S/C31H29BrN4O6S/c1-39-26-13-4-21(5-14-26)18-19-42-31-33-30(22-6-15-27(40-2)16-7-22)36(34-31)25-11-9-24(10-12-25)35-43(37,38)29-20-23(32)8-17-28(29)41-3/h4-17,20,35H,18-19H2,1-3H3. The van der Waals surface area contributed by atoms with E-state index in [0.29, 0.717) is 40.4 Å². The number of rotatable bonds is 12. The highest BCUT2D eigenvalue weighted by Gasteiger charge is 2.21. The Labute approximate surface area is 258 Å². The van der Waals surface area contributed by atoms with Crippen LogP contribution in [0, 0.1) is 0 Å². The van der Waals surface area contributed by atoms with Gasteiger partial charge in [0.25, 0.3) is 10.0 Å². The van der Waals surface area contributed by atoms with Crippen molar-refractivity contribution in [1.82, 2.24) is 14.8 Å². The maximum absolute atomic E-state index is 13.1. The molecule has 4 aromatic carbocycles. The minimum Gasteiger partial charge on any atom is -0.497 e. The molecule has 222 valence electrons. The Morgan fingerprint density at radius 1 is 0.814 bits per heavy atom. The lowest BCUT2D eigenvalue weighted by Gasteiger charge is -2.13. The predicted molar refractivity (Wildman–Crippen MR) is 167 cm³/mol. The number of nitrogens with zero attached hydrogens (tertiary/aromatic N) is 3. The number of nitrogens with one attached hydrogen (secondary N) is 1. The maximum Gasteiger partial charge on any atom is 0.336 e. The molecule has 10 nitrogen and oxygen atoms in total. The van der Waals surface area contributed by atoms with Crippen LogP contribution in [0.5, 0.6) is 23.3 Å². The van der Waals surface area contributed by atoms with Crippen molar-refractivity contribution in [2.45, 2.75) is 11.3 Å². The summed E-state index contributed by atoms with van der Waals surface area (Å²) in [4.78, 5) is 4.68. The van der Waals surface area contributed by atoms with Gasteiger partial charge >= 0.3 is 6.01 Å². The Morgan fingerprint density at radius 3 is 2.09 bits per heavy atom. The SMILES string of the molecule is COc1ccc(CCOc2nc(-c3ccc(OC)cc3)n(-c3ccc(NS(=O)(=O)c4cc(Br)ccc4OC)cc3)n2)cc1. The lowest BCUT2D eigenvalue weighted by Crippen LogP contribution is -2.14. The molecule has 0 saturated heterocycles. The highest BCUT2D eigenvalue weighted by atomic mass is 79.9. The summed E-state index contributed by atoms with van der Waals surface area (Å²) < 4.78 is 52.9. The summed E-state index contributed by atoms with van der Waals surface area (Å²) in [6, 6.07) is 27.0. The van der Waals surface area contributed by atoms with E-state index in [2.05, 4.69) is 30.7 Å². The van der Waals surface area contributed by atoms with Crippen molar-refractivity contribution < 1.29 is 27.4 Å². The van der Waals surface area contributed by atoms with E-state index in [0.717, 1.165) is 16.9 Å². The third-order valence-corrected chi connectivity index (χ3v) is 8.39. The molecule has 1 heterocycles. The number of anilines is 1. The summed E-state index contributed by atoms with van der Waals surface area (Å²) in [7, 11) is 0.736. The molecule has 0 radical (unpaired) electrons. The van der Waals surface area contributed by atoms with Crippen LogP contribution in [-0.2, 0) is 16.4 Å². The molecule has 5 aromatic rings. The highest BCUT2D eigenvalue weighted by molar-refractivity contribution is 9.10. The van der Waals surface area contributed by atoms with Crippen molar-refractivity contribution in [2.24, 2.45) is 0 Å². The molecule has 0 atom stereocenters. The topological polar surface area (TPSA) is 114 Å². The summed E-state index contributed by atoms with van der Waals surface area (Å²) in [5.41, 5.74) is 2.91. The fourth-order valence-electron chi connectivity index (χ4n) is 4.26. The highest BCUT2D eigenvalue weighted by Crippen LogP contribution is 2.30. The van der Waals surface area contributed by atoms with Crippen molar-refractivity contribution in [2.75, 3.05) is 32.7 Å². The summed E-state index contributed by atoms with van der Waals surface area (Å²) in [6.45, 7) is 0.373. The largest absolute Gasteiger partial charge is 0.497 e. The first-order chi connectivity index (χ1) is 20.8. The van der Waals surface area contributed by atoms with Crippen LogP contribution in [0.1, 0.15) is 5.56 Å². The number of methoxy groups -OCH3 is 3. The Kier molecular flexibility index (Phi) is 9.17. The summed E-state index contributed by atoms with van der Waals surface area (Å²) in [5, 5.41) is 4.61. The van der Waals surface area contributed by atoms with Gasteiger partial charge in [-0.05, 0) is 84.4 Å². The van der Waals surface area contributed by atoms with E-state index in [-0.39, 0.29) is 16.7 Å². The van der Waals surface area contributed by atoms with E-state index in [1.165, 1.54) is 13.2 Å². The molecule has 0 spiro atoms. The van der Waals surface area contributed by atoms with Gasteiger partial charge < -0.3 is 18.9 Å². The third-order valence-electron chi connectivity index (χ3n) is 6.50. The van der Waals surface area contributed by atoms with E-state index >= 15 is 0 Å². The smallest absolute Gasteiger partial charge is 0.336 e. The molecule has 0 bridgehead atoms. The summed E-state index contributed by atoms with van der Waals surface area (Å²) >= 11 is 3.32. The molecule has 0 unspecified atom stereocenters.